The molecule has 0 spiro atoms. The Labute approximate surface area is 103 Å². The van der Waals surface area contributed by atoms with Crippen molar-refractivity contribution in [1.82, 2.24) is 0 Å². The molecule has 0 aliphatic heterocycles. The Morgan fingerprint density at radius 3 is 2.17 bits per heavy atom. The van der Waals surface area contributed by atoms with Gasteiger partial charge in [-0.05, 0) is 12.1 Å². The second-order valence-electron chi connectivity index (χ2n) is 3.29. The Hall–Kier alpha value is -2.21. The third-order valence-electron chi connectivity index (χ3n) is 1.93. The maximum absolute atomic E-state index is 11.6. The fourth-order valence-electron chi connectivity index (χ4n) is 1.24. The molecule has 0 aliphatic rings. The van der Waals surface area contributed by atoms with Gasteiger partial charge in [0.05, 0.1) is 17.7 Å². The second-order valence-corrected chi connectivity index (χ2v) is 3.29. The van der Waals surface area contributed by atoms with E-state index in [2.05, 4.69) is 4.74 Å². The molecule has 1 rings (SSSR count). The first-order valence-corrected chi connectivity index (χ1v) is 5.16. The highest BCUT2D eigenvalue weighted by molar-refractivity contribution is 6.05. The first-order valence-electron chi connectivity index (χ1n) is 5.16. The summed E-state index contributed by atoms with van der Waals surface area (Å²) in [6.45, 7) is 0.602. The van der Waals surface area contributed by atoms with E-state index in [1.165, 1.54) is 18.2 Å². The molecule has 0 atom stereocenters. The zero-order valence-corrected chi connectivity index (χ0v) is 9.71. The van der Waals surface area contributed by atoms with Crippen molar-refractivity contribution in [3.05, 3.63) is 35.4 Å². The van der Waals surface area contributed by atoms with E-state index in [1.54, 1.807) is 6.07 Å². The quantitative estimate of drug-likeness (QED) is 0.621. The van der Waals surface area contributed by atoms with E-state index < -0.39 is 17.9 Å². The van der Waals surface area contributed by atoms with E-state index in [4.69, 9.17) is 9.84 Å². The van der Waals surface area contributed by atoms with Gasteiger partial charge in [0.15, 0.2) is 0 Å². The Balaban J connectivity index is 2.95. The molecule has 0 amide bonds. The van der Waals surface area contributed by atoms with Crippen LogP contribution in [0.2, 0.25) is 0 Å². The largest absolute Gasteiger partial charge is 0.460 e. The zero-order valence-electron chi connectivity index (χ0n) is 9.71. The lowest BCUT2D eigenvalue weighted by Crippen LogP contribution is -2.16. The number of esters is 3. The van der Waals surface area contributed by atoms with E-state index in [-0.39, 0.29) is 24.3 Å². The molecule has 0 fully saturated rings. The van der Waals surface area contributed by atoms with Gasteiger partial charge in [0.2, 0.25) is 0 Å². The van der Waals surface area contributed by atoms with Crippen LogP contribution in [-0.2, 0) is 14.3 Å². The molecule has 0 heterocycles. The molecule has 1 N–H and O–H groups in total. The normalized spacial score (nSPS) is 9.67. The maximum atomic E-state index is 11.6. The maximum Gasteiger partial charge on any atom is 0.346 e. The summed E-state index contributed by atoms with van der Waals surface area (Å²) in [6, 6.07) is 5.79. The van der Waals surface area contributed by atoms with Gasteiger partial charge in [0, 0.05) is 6.92 Å². The standard InChI is InChI=1S/C12H12O6/c1-8(14)18-12(16)10-5-3-2-4-9(10)11(15)17-7-6-13/h2-5,13H,6-7H2,1H3. The van der Waals surface area contributed by atoms with Crippen LogP contribution in [0.3, 0.4) is 0 Å². The predicted octanol–water partition coefficient (Wildman–Crippen LogP) is 0.539. The number of hydrogen-bond acceptors (Lipinski definition) is 6. The number of aliphatic hydroxyl groups is 1. The lowest BCUT2D eigenvalue weighted by atomic mass is 10.1. The first-order chi connectivity index (χ1) is 8.56. The van der Waals surface area contributed by atoms with Gasteiger partial charge in [-0.15, -0.1) is 0 Å². The van der Waals surface area contributed by atoms with Crippen molar-refractivity contribution in [3.8, 4) is 0 Å². The van der Waals surface area contributed by atoms with Crippen LogP contribution < -0.4 is 0 Å². The summed E-state index contributed by atoms with van der Waals surface area (Å²) in [7, 11) is 0. The third kappa shape index (κ3) is 3.67. The minimum atomic E-state index is -0.918. The highest BCUT2D eigenvalue weighted by atomic mass is 16.6. The highest BCUT2D eigenvalue weighted by Gasteiger charge is 2.19. The smallest absolute Gasteiger partial charge is 0.346 e. The number of carbonyl (C=O) groups is 3. The summed E-state index contributed by atoms with van der Waals surface area (Å²) in [6.07, 6.45) is 0. The van der Waals surface area contributed by atoms with Crippen LogP contribution in [0.25, 0.3) is 0 Å². The summed E-state index contributed by atoms with van der Waals surface area (Å²) < 4.78 is 9.09. The molecule has 0 aliphatic carbocycles. The van der Waals surface area contributed by atoms with Crippen molar-refractivity contribution >= 4 is 17.9 Å². The van der Waals surface area contributed by atoms with E-state index in [1.807, 2.05) is 0 Å². The number of hydrogen-bond donors (Lipinski definition) is 1. The van der Waals surface area contributed by atoms with Crippen molar-refractivity contribution < 1.29 is 29.0 Å². The van der Waals surface area contributed by atoms with Crippen molar-refractivity contribution in [1.29, 1.82) is 0 Å². The van der Waals surface area contributed by atoms with Crippen LogP contribution in [0.4, 0.5) is 0 Å². The Kier molecular flexibility index (Phi) is 5.01. The van der Waals surface area contributed by atoms with E-state index in [0.717, 1.165) is 6.92 Å². The Morgan fingerprint density at radius 2 is 1.67 bits per heavy atom. The second kappa shape index (κ2) is 6.51. The monoisotopic (exact) mass is 252 g/mol. The first kappa shape index (κ1) is 13.9. The van der Waals surface area contributed by atoms with Gasteiger partial charge in [-0.25, -0.2) is 9.59 Å². The summed E-state index contributed by atoms with van der Waals surface area (Å²) in [4.78, 5) is 33.8. The topological polar surface area (TPSA) is 89.9 Å². The molecular weight excluding hydrogens is 240 g/mol. The van der Waals surface area contributed by atoms with Crippen LogP contribution in [0.1, 0.15) is 27.6 Å². The highest BCUT2D eigenvalue weighted by Crippen LogP contribution is 2.12. The molecule has 0 saturated carbocycles. The van der Waals surface area contributed by atoms with Gasteiger partial charge in [0.1, 0.15) is 6.61 Å². The molecule has 1 aromatic rings. The molecule has 6 nitrogen and oxygen atoms in total. The van der Waals surface area contributed by atoms with E-state index >= 15 is 0 Å². The van der Waals surface area contributed by atoms with Crippen LogP contribution in [0.5, 0.6) is 0 Å². The number of ether oxygens (including phenoxy) is 2. The number of rotatable bonds is 4. The summed E-state index contributed by atoms with van der Waals surface area (Å²) in [5.74, 6) is -2.45. The SMILES string of the molecule is CC(=O)OC(=O)c1ccccc1C(=O)OCCO. The predicted molar refractivity (Wildman–Crippen MR) is 59.9 cm³/mol. The molecule has 0 radical (unpaired) electrons. The van der Waals surface area contributed by atoms with Crippen LogP contribution >= 0.6 is 0 Å². The minimum absolute atomic E-state index is 0.0165. The van der Waals surface area contributed by atoms with Gasteiger partial charge in [-0.2, -0.15) is 0 Å². The van der Waals surface area contributed by atoms with Crippen molar-refractivity contribution in [3.63, 3.8) is 0 Å². The summed E-state index contributed by atoms with van der Waals surface area (Å²) in [5, 5.41) is 8.55. The fraction of sp³-hybridized carbons (Fsp3) is 0.250. The van der Waals surface area contributed by atoms with Gasteiger partial charge in [-0.1, -0.05) is 12.1 Å². The van der Waals surface area contributed by atoms with Crippen molar-refractivity contribution in [2.45, 2.75) is 6.92 Å². The van der Waals surface area contributed by atoms with Crippen LogP contribution in [0, 0.1) is 0 Å². The summed E-state index contributed by atoms with van der Waals surface area (Å²) in [5.41, 5.74) is -0.0761. The average molecular weight is 252 g/mol. The third-order valence-corrected chi connectivity index (χ3v) is 1.93. The molecule has 0 bridgehead atoms. The molecule has 6 heteroatoms. The Morgan fingerprint density at radius 1 is 1.11 bits per heavy atom. The fourth-order valence-corrected chi connectivity index (χ4v) is 1.24. The number of carbonyl (C=O) groups excluding carboxylic acids is 3. The van der Waals surface area contributed by atoms with Crippen molar-refractivity contribution in [2.24, 2.45) is 0 Å². The average Bonchev–Trinajstić information content (AvgIpc) is 2.35. The van der Waals surface area contributed by atoms with E-state index in [0.29, 0.717) is 0 Å². The molecule has 96 valence electrons. The van der Waals surface area contributed by atoms with Gasteiger partial charge in [0.25, 0.3) is 0 Å². The van der Waals surface area contributed by atoms with Gasteiger partial charge < -0.3 is 14.6 Å². The lowest BCUT2D eigenvalue weighted by molar-refractivity contribution is -0.135. The molecule has 18 heavy (non-hydrogen) atoms. The minimum Gasteiger partial charge on any atom is -0.460 e. The lowest BCUT2D eigenvalue weighted by Gasteiger charge is -2.07. The summed E-state index contributed by atoms with van der Waals surface area (Å²) >= 11 is 0. The zero-order chi connectivity index (χ0) is 13.5. The van der Waals surface area contributed by atoms with Gasteiger partial charge in [-0.3, -0.25) is 4.79 Å². The van der Waals surface area contributed by atoms with Crippen molar-refractivity contribution in [2.75, 3.05) is 13.2 Å². The molecule has 0 saturated heterocycles. The van der Waals surface area contributed by atoms with Crippen LogP contribution in [0.15, 0.2) is 24.3 Å². The number of benzene rings is 1. The molecular formula is C12H12O6. The molecule has 1 aromatic carbocycles. The van der Waals surface area contributed by atoms with E-state index in [9.17, 15) is 14.4 Å². The number of aliphatic hydroxyl groups excluding tert-OH is 1. The molecule has 0 unspecified atom stereocenters. The Bertz CT molecular complexity index is 465. The van der Waals surface area contributed by atoms with Crippen LogP contribution in [-0.4, -0.2) is 36.2 Å². The molecule has 0 aromatic heterocycles. The van der Waals surface area contributed by atoms with Gasteiger partial charge >= 0.3 is 17.9 Å².